The maximum Gasteiger partial charge on any atom is 0.199 e. The van der Waals surface area contributed by atoms with Crippen LogP contribution < -0.4 is 0 Å². The van der Waals surface area contributed by atoms with Crippen molar-refractivity contribution in [2.24, 2.45) is 0 Å². The Labute approximate surface area is 113 Å². The summed E-state index contributed by atoms with van der Waals surface area (Å²) in [6.07, 6.45) is 3.30. The van der Waals surface area contributed by atoms with Gasteiger partial charge in [0.1, 0.15) is 5.15 Å². The van der Waals surface area contributed by atoms with Crippen LogP contribution in [0.25, 0.3) is 11.6 Å². The van der Waals surface area contributed by atoms with Gasteiger partial charge in [-0.3, -0.25) is 0 Å². The lowest BCUT2D eigenvalue weighted by atomic mass is 10.1. The summed E-state index contributed by atoms with van der Waals surface area (Å²) in [6.45, 7) is 4.08. The molecule has 0 N–H and O–H groups in total. The van der Waals surface area contributed by atoms with Gasteiger partial charge in [-0.25, -0.2) is 19.9 Å². The molecule has 0 aliphatic heterocycles. The van der Waals surface area contributed by atoms with Gasteiger partial charge >= 0.3 is 0 Å². The van der Waals surface area contributed by atoms with Crippen LogP contribution in [0.5, 0.6) is 0 Å². The Morgan fingerprint density at radius 1 is 1.12 bits per heavy atom. The molecule has 0 saturated heterocycles. The Morgan fingerprint density at radius 3 is 2.35 bits per heavy atom. The fourth-order valence-electron chi connectivity index (χ4n) is 1.33. The molecule has 0 atom stereocenters. The Bertz CT molecular complexity index is 530. The summed E-state index contributed by atoms with van der Waals surface area (Å²) in [5.74, 6) is 1.17. The summed E-state index contributed by atoms with van der Waals surface area (Å²) >= 11 is 9.45. The second kappa shape index (κ2) is 5.06. The van der Waals surface area contributed by atoms with E-state index < -0.39 is 0 Å². The average molecular weight is 314 g/mol. The third-order valence-electron chi connectivity index (χ3n) is 2.15. The highest BCUT2D eigenvalue weighted by Crippen LogP contribution is 2.30. The quantitative estimate of drug-likeness (QED) is 0.797. The molecule has 0 spiro atoms. The van der Waals surface area contributed by atoms with Gasteiger partial charge in [0, 0.05) is 12.4 Å². The van der Waals surface area contributed by atoms with E-state index in [2.05, 4.69) is 35.9 Å². The second-order valence-corrected chi connectivity index (χ2v) is 4.92. The summed E-state index contributed by atoms with van der Waals surface area (Å²) < 4.78 is 0.730. The number of hydrogen-bond donors (Lipinski definition) is 0. The lowest BCUT2D eigenvalue weighted by Gasteiger charge is -2.09. The molecule has 2 heterocycles. The van der Waals surface area contributed by atoms with Crippen molar-refractivity contribution < 1.29 is 0 Å². The molecular weight excluding hydrogens is 304 g/mol. The van der Waals surface area contributed by atoms with E-state index in [4.69, 9.17) is 11.6 Å². The normalized spacial score (nSPS) is 10.9. The molecule has 0 aliphatic rings. The Morgan fingerprint density at radius 2 is 1.76 bits per heavy atom. The molecule has 6 heteroatoms. The highest BCUT2D eigenvalue weighted by atomic mass is 79.9. The number of halogens is 2. The smallest absolute Gasteiger partial charge is 0.199 e. The molecule has 2 aromatic rings. The predicted octanol–water partition coefficient (Wildman–Crippen LogP) is 3.47. The largest absolute Gasteiger partial charge is 0.234 e. The monoisotopic (exact) mass is 312 g/mol. The molecule has 2 rings (SSSR count). The Hall–Kier alpha value is -1.07. The van der Waals surface area contributed by atoms with Gasteiger partial charge in [0.25, 0.3) is 0 Å². The van der Waals surface area contributed by atoms with Gasteiger partial charge < -0.3 is 0 Å². The molecule has 2 aromatic heterocycles. The van der Waals surface area contributed by atoms with Crippen molar-refractivity contribution in [3.05, 3.63) is 33.8 Å². The number of nitrogens with zero attached hydrogens (tertiary/aromatic N) is 4. The number of aromatic nitrogens is 4. The molecule has 0 saturated carbocycles. The van der Waals surface area contributed by atoms with Crippen LogP contribution in [0.1, 0.15) is 25.5 Å². The van der Waals surface area contributed by atoms with Crippen molar-refractivity contribution in [3.63, 3.8) is 0 Å². The first-order valence-corrected chi connectivity index (χ1v) is 6.27. The highest BCUT2D eigenvalue weighted by molar-refractivity contribution is 9.10. The van der Waals surface area contributed by atoms with E-state index >= 15 is 0 Å². The molecule has 0 fully saturated rings. The van der Waals surface area contributed by atoms with Crippen LogP contribution in [0.2, 0.25) is 5.15 Å². The van der Waals surface area contributed by atoms with Gasteiger partial charge in [0.15, 0.2) is 11.6 Å². The third-order valence-corrected chi connectivity index (χ3v) is 3.43. The SMILES string of the molecule is CC(C)c1nc(-c2ncccn2)nc(Cl)c1Br. The van der Waals surface area contributed by atoms with E-state index in [1.165, 1.54) is 0 Å². The summed E-state index contributed by atoms with van der Waals surface area (Å²) in [6, 6.07) is 1.74. The van der Waals surface area contributed by atoms with E-state index in [1.807, 2.05) is 13.8 Å². The Kier molecular flexibility index (Phi) is 3.69. The molecule has 0 amide bonds. The highest BCUT2D eigenvalue weighted by Gasteiger charge is 2.15. The minimum atomic E-state index is 0.243. The molecule has 88 valence electrons. The summed E-state index contributed by atoms with van der Waals surface area (Å²) in [5, 5.41) is 0.381. The zero-order valence-electron chi connectivity index (χ0n) is 9.35. The fourth-order valence-corrected chi connectivity index (χ4v) is 2.15. The van der Waals surface area contributed by atoms with Gasteiger partial charge in [-0.05, 0) is 27.9 Å². The molecule has 0 bridgehead atoms. The fraction of sp³-hybridized carbons (Fsp3) is 0.273. The zero-order valence-corrected chi connectivity index (χ0v) is 11.7. The van der Waals surface area contributed by atoms with Crippen molar-refractivity contribution in [3.8, 4) is 11.6 Å². The van der Waals surface area contributed by atoms with Gasteiger partial charge in [-0.1, -0.05) is 25.4 Å². The van der Waals surface area contributed by atoms with Crippen LogP contribution in [0.15, 0.2) is 22.9 Å². The van der Waals surface area contributed by atoms with Crippen LogP contribution in [0.4, 0.5) is 0 Å². The average Bonchev–Trinajstić information content (AvgIpc) is 2.33. The van der Waals surface area contributed by atoms with E-state index in [1.54, 1.807) is 18.5 Å². The number of hydrogen-bond acceptors (Lipinski definition) is 4. The van der Waals surface area contributed by atoms with Gasteiger partial charge in [0.05, 0.1) is 10.2 Å². The molecule has 17 heavy (non-hydrogen) atoms. The molecular formula is C11H10BrClN4. The van der Waals surface area contributed by atoms with E-state index in [-0.39, 0.29) is 5.92 Å². The molecule has 0 unspecified atom stereocenters. The van der Waals surface area contributed by atoms with Crippen molar-refractivity contribution in [1.82, 2.24) is 19.9 Å². The topological polar surface area (TPSA) is 51.6 Å². The van der Waals surface area contributed by atoms with E-state index in [9.17, 15) is 0 Å². The second-order valence-electron chi connectivity index (χ2n) is 3.76. The van der Waals surface area contributed by atoms with Crippen LogP contribution in [-0.2, 0) is 0 Å². The first-order valence-electron chi connectivity index (χ1n) is 5.10. The van der Waals surface area contributed by atoms with Crippen LogP contribution in [0, 0.1) is 0 Å². The van der Waals surface area contributed by atoms with Gasteiger partial charge in [-0.15, -0.1) is 0 Å². The minimum Gasteiger partial charge on any atom is -0.234 e. The summed E-state index contributed by atoms with van der Waals surface area (Å²) in [5.41, 5.74) is 0.854. The zero-order chi connectivity index (χ0) is 12.4. The third kappa shape index (κ3) is 2.61. The first-order chi connectivity index (χ1) is 8.09. The first kappa shape index (κ1) is 12.4. The summed E-state index contributed by atoms with van der Waals surface area (Å²) in [7, 11) is 0. The molecule has 4 nitrogen and oxygen atoms in total. The lowest BCUT2D eigenvalue weighted by Crippen LogP contribution is -2.02. The van der Waals surface area contributed by atoms with Crippen LogP contribution >= 0.6 is 27.5 Å². The standard InChI is InChI=1S/C11H10BrClN4/c1-6(2)8-7(12)9(13)17-11(16-8)10-14-4-3-5-15-10/h3-6H,1-2H3. The summed E-state index contributed by atoms with van der Waals surface area (Å²) in [4.78, 5) is 16.8. The Balaban J connectivity index is 2.57. The van der Waals surface area contributed by atoms with Crippen molar-refractivity contribution in [1.29, 1.82) is 0 Å². The van der Waals surface area contributed by atoms with E-state index in [0.29, 0.717) is 16.8 Å². The number of rotatable bonds is 2. The maximum atomic E-state index is 6.06. The van der Waals surface area contributed by atoms with E-state index in [0.717, 1.165) is 10.2 Å². The van der Waals surface area contributed by atoms with Crippen LogP contribution in [-0.4, -0.2) is 19.9 Å². The lowest BCUT2D eigenvalue weighted by molar-refractivity contribution is 0.806. The van der Waals surface area contributed by atoms with Crippen molar-refractivity contribution in [2.75, 3.05) is 0 Å². The molecule has 0 radical (unpaired) electrons. The van der Waals surface area contributed by atoms with Crippen LogP contribution in [0.3, 0.4) is 0 Å². The minimum absolute atomic E-state index is 0.243. The van der Waals surface area contributed by atoms with Gasteiger partial charge in [0.2, 0.25) is 0 Å². The van der Waals surface area contributed by atoms with Crippen molar-refractivity contribution >= 4 is 27.5 Å². The predicted molar refractivity (Wildman–Crippen MR) is 69.9 cm³/mol. The van der Waals surface area contributed by atoms with Crippen molar-refractivity contribution in [2.45, 2.75) is 19.8 Å². The van der Waals surface area contributed by atoms with Gasteiger partial charge in [-0.2, -0.15) is 0 Å². The maximum absolute atomic E-state index is 6.06. The molecule has 0 aliphatic carbocycles. The molecule has 0 aromatic carbocycles.